The molecule has 4 aromatic carbocycles. The molecule has 5 rings (SSSR count). The Hall–Kier alpha value is -4.52. The number of azo groups is 1. The van der Waals surface area contributed by atoms with Crippen LogP contribution in [0.15, 0.2) is 107 Å². The lowest BCUT2D eigenvalue weighted by molar-refractivity contribution is -0.120. The lowest BCUT2D eigenvalue weighted by Crippen LogP contribution is -2.43. The largest absolute Gasteiger partial charge is 0.445 e. The van der Waals surface area contributed by atoms with E-state index in [1.807, 2.05) is 97.1 Å². The van der Waals surface area contributed by atoms with Crippen molar-refractivity contribution in [2.24, 2.45) is 10.2 Å². The first-order chi connectivity index (χ1) is 17.7. The summed E-state index contributed by atoms with van der Waals surface area (Å²) in [4.78, 5) is 27.5. The minimum atomic E-state index is -0.579. The van der Waals surface area contributed by atoms with Crippen LogP contribution in [0, 0.1) is 0 Å². The number of rotatable bonds is 6. The first kappa shape index (κ1) is 23.2. The average Bonchev–Trinajstić information content (AvgIpc) is 3.43. The second-order valence-electron chi connectivity index (χ2n) is 8.59. The van der Waals surface area contributed by atoms with Crippen molar-refractivity contribution in [2.45, 2.75) is 25.5 Å². The van der Waals surface area contributed by atoms with Crippen molar-refractivity contribution in [1.82, 2.24) is 4.90 Å². The Kier molecular flexibility index (Phi) is 6.98. The third-order valence-corrected chi connectivity index (χ3v) is 6.18. The van der Waals surface area contributed by atoms with Crippen LogP contribution in [0.3, 0.4) is 0 Å². The summed E-state index contributed by atoms with van der Waals surface area (Å²) in [7, 11) is 0. The van der Waals surface area contributed by atoms with E-state index < -0.39 is 12.1 Å². The van der Waals surface area contributed by atoms with Crippen LogP contribution in [0.2, 0.25) is 0 Å². The molecule has 1 heterocycles. The van der Waals surface area contributed by atoms with Crippen molar-refractivity contribution in [2.75, 3.05) is 11.9 Å². The highest BCUT2D eigenvalue weighted by molar-refractivity contribution is 6.07. The molecule has 1 saturated heterocycles. The van der Waals surface area contributed by atoms with Gasteiger partial charge in [-0.3, -0.25) is 9.69 Å². The SMILES string of the molecule is O=C(Nc1ccc(N=Nc2ccccc2)c2ccccc12)[C@@H]1CCCN1C(=O)OCc1ccccc1. The Balaban J connectivity index is 1.31. The zero-order valence-corrected chi connectivity index (χ0v) is 19.7. The molecule has 1 atom stereocenters. The fraction of sp³-hybridized carbons (Fsp3) is 0.172. The van der Waals surface area contributed by atoms with E-state index in [0.29, 0.717) is 24.3 Å². The highest BCUT2D eigenvalue weighted by Gasteiger charge is 2.35. The number of hydrogen-bond acceptors (Lipinski definition) is 5. The van der Waals surface area contributed by atoms with Crippen molar-refractivity contribution in [3.05, 3.63) is 103 Å². The van der Waals surface area contributed by atoms with Crippen LogP contribution >= 0.6 is 0 Å². The van der Waals surface area contributed by atoms with Gasteiger partial charge in [-0.15, -0.1) is 5.11 Å². The number of carbonyl (C=O) groups is 2. The Morgan fingerprint density at radius 2 is 1.53 bits per heavy atom. The van der Waals surface area contributed by atoms with Gasteiger partial charge < -0.3 is 10.1 Å². The van der Waals surface area contributed by atoms with E-state index in [0.717, 1.165) is 28.4 Å². The van der Waals surface area contributed by atoms with E-state index in [4.69, 9.17) is 4.74 Å². The maximum atomic E-state index is 13.2. The number of nitrogens with one attached hydrogen (secondary N) is 1. The number of anilines is 1. The monoisotopic (exact) mass is 478 g/mol. The third-order valence-electron chi connectivity index (χ3n) is 6.18. The van der Waals surface area contributed by atoms with E-state index in [-0.39, 0.29) is 12.5 Å². The van der Waals surface area contributed by atoms with Crippen LogP contribution in [0.5, 0.6) is 0 Å². The van der Waals surface area contributed by atoms with Crippen LogP contribution in [-0.2, 0) is 16.1 Å². The minimum Gasteiger partial charge on any atom is -0.445 e. The number of carbonyl (C=O) groups excluding carboxylic acids is 2. The molecular weight excluding hydrogens is 452 g/mol. The molecule has 0 unspecified atom stereocenters. The van der Waals surface area contributed by atoms with Crippen molar-refractivity contribution >= 4 is 39.8 Å². The molecule has 0 aliphatic carbocycles. The Morgan fingerprint density at radius 1 is 0.833 bits per heavy atom. The fourth-order valence-corrected chi connectivity index (χ4v) is 4.36. The van der Waals surface area contributed by atoms with E-state index >= 15 is 0 Å². The number of likely N-dealkylation sites (tertiary alicyclic amines) is 1. The summed E-state index contributed by atoms with van der Waals surface area (Å²) in [5.41, 5.74) is 3.04. The molecule has 1 aliphatic heterocycles. The summed E-state index contributed by atoms with van der Waals surface area (Å²) in [6, 6.07) is 29.8. The summed E-state index contributed by atoms with van der Waals surface area (Å²) in [5.74, 6) is -0.229. The summed E-state index contributed by atoms with van der Waals surface area (Å²) in [5, 5.41) is 13.5. The van der Waals surface area contributed by atoms with E-state index in [1.54, 1.807) is 0 Å². The number of hydrogen-bond donors (Lipinski definition) is 1. The van der Waals surface area contributed by atoms with Crippen molar-refractivity contribution in [1.29, 1.82) is 0 Å². The molecule has 0 saturated carbocycles. The van der Waals surface area contributed by atoms with Crippen molar-refractivity contribution in [3.8, 4) is 0 Å². The maximum Gasteiger partial charge on any atom is 0.410 e. The normalized spacial score (nSPS) is 15.3. The van der Waals surface area contributed by atoms with Gasteiger partial charge in [0.1, 0.15) is 12.6 Å². The molecule has 7 heteroatoms. The topological polar surface area (TPSA) is 83.4 Å². The van der Waals surface area contributed by atoms with Crippen LogP contribution < -0.4 is 5.32 Å². The van der Waals surface area contributed by atoms with Gasteiger partial charge in [-0.1, -0.05) is 72.8 Å². The minimum absolute atomic E-state index is 0.175. The number of ether oxygens (including phenoxy) is 1. The predicted molar refractivity (Wildman–Crippen MR) is 140 cm³/mol. The molecule has 0 spiro atoms. The molecule has 0 bridgehead atoms. The maximum absolute atomic E-state index is 13.2. The lowest BCUT2D eigenvalue weighted by atomic mass is 10.1. The van der Waals surface area contributed by atoms with E-state index in [2.05, 4.69) is 15.5 Å². The molecule has 0 aromatic heterocycles. The summed E-state index contributed by atoms with van der Waals surface area (Å²) >= 11 is 0. The molecule has 7 nitrogen and oxygen atoms in total. The Morgan fingerprint density at radius 3 is 2.31 bits per heavy atom. The number of fused-ring (bicyclic) bond motifs is 1. The third kappa shape index (κ3) is 5.25. The van der Waals surface area contributed by atoms with E-state index in [9.17, 15) is 9.59 Å². The Labute approximate surface area is 209 Å². The van der Waals surface area contributed by atoms with E-state index in [1.165, 1.54) is 4.90 Å². The zero-order valence-electron chi connectivity index (χ0n) is 19.7. The highest BCUT2D eigenvalue weighted by Crippen LogP contribution is 2.33. The van der Waals surface area contributed by atoms with Gasteiger partial charge in [0.25, 0.3) is 0 Å². The van der Waals surface area contributed by atoms with Gasteiger partial charge in [-0.2, -0.15) is 5.11 Å². The smallest absolute Gasteiger partial charge is 0.410 e. The van der Waals surface area contributed by atoms with Crippen LogP contribution in [0.25, 0.3) is 10.8 Å². The van der Waals surface area contributed by atoms with Gasteiger partial charge >= 0.3 is 6.09 Å². The van der Waals surface area contributed by atoms with Gasteiger partial charge in [-0.05, 0) is 42.7 Å². The van der Waals surface area contributed by atoms with Crippen molar-refractivity contribution in [3.63, 3.8) is 0 Å². The summed E-state index contributed by atoms with van der Waals surface area (Å²) in [6.45, 7) is 0.666. The second-order valence-corrected chi connectivity index (χ2v) is 8.59. The van der Waals surface area contributed by atoms with Gasteiger partial charge in [0.15, 0.2) is 0 Å². The molecule has 1 N–H and O–H groups in total. The van der Waals surface area contributed by atoms with Crippen molar-refractivity contribution < 1.29 is 14.3 Å². The predicted octanol–water partition coefficient (Wildman–Crippen LogP) is 6.99. The molecule has 1 aliphatic rings. The number of benzene rings is 4. The Bertz CT molecular complexity index is 1390. The molecular formula is C29H26N4O3. The zero-order chi connectivity index (χ0) is 24.7. The molecule has 0 radical (unpaired) electrons. The molecule has 36 heavy (non-hydrogen) atoms. The van der Waals surface area contributed by atoms with Gasteiger partial charge in [0.05, 0.1) is 11.4 Å². The summed E-state index contributed by atoms with van der Waals surface area (Å²) in [6.07, 6.45) is 0.865. The first-order valence-corrected chi connectivity index (χ1v) is 12.0. The second kappa shape index (κ2) is 10.8. The van der Waals surface area contributed by atoms with Gasteiger partial charge in [0, 0.05) is 23.0 Å². The number of amides is 2. The van der Waals surface area contributed by atoms with Crippen LogP contribution in [0.4, 0.5) is 21.9 Å². The number of nitrogens with zero attached hydrogens (tertiary/aromatic N) is 3. The lowest BCUT2D eigenvalue weighted by Gasteiger charge is -2.23. The quantitative estimate of drug-likeness (QED) is 0.303. The molecule has 180 valence electrons. The standard InChI is InChI=1S/C29H26N4O3/c34-28(27-16-9-19-33(27)29(35)36-20-21-10-3-1-4-11-21)30-25-17-18-26(24-15-8-7-14-23(24)25)32-31-22-12-5-2-6-13-22/h1-8,10-15,17-18,27H,9,16,19-20H2,(H,30,34)/t27-/m0/s1. The molecule has 1 fully saturated rings. The first-order valence-electron chi connectivity index (χ1n) is 12.0. The van der Waals surface area contributed by atoms with Crippen LogP contribution in [-0.4, -0.2) is 29.5 Å². The fourth-order valence-electron chi connectivity index (χ4n) is 4.36. The molecule has 4 aromatic rings. The van der Waals surface area contributed by atoms with Crippen LogP contribution in [0.1, 0.15) is 18.4 Å². The summed E-state index contributed by atoms with van der Waals surface area (Å²) < 4.78 is 5.48. The average molecular weight is 479 g/mol. The van der Waals surface area contributed by atoms with Gasteiger partial charge in [-0.25, -0.2) is 4.79 Å². The highest BCUT2D eigenvalue weighted by atomic mass is 16.6. The molecule has 2 amide bonds. The van der Waals surface area contributed by atoms with Gasteiger partial charge in [0.2, 0.25) is 5.91 Å².